The van der Waals surface area contributed by atoms with Crippen molar-refractivity contribution in [2.75, 3.05) is 0 Å². The highest BCUT2D eigenvalue weighted by atomic mass is 79.9. The van der Waals surface area contributed by atoms with Gasteiger partial charge in [-0.15, -0.1) is 0 Å². The Bertz CT molecular complexity index is 413. The molecule has 3 nitrogen and oxygen atoms in total. The molecule has 1 aliphatic rings. The van der Waals surface area contributed by atoms with Gasteiger partial charge in [0, 0.05) is 16.7 Å². The van der Waals surface area contributed by atoms with Crippen LogP contribution in [0.4, 0.5) is 4.79 Å². The number of nitrogens with one attached hydrogen (secondary N) is 2. The second kappa shape index (κ2) is 5.16. The van der Waals surface area contributed by atoms with Crippen LogP contribution in [0.3, 0.4) is 0 Å². The Labute approximate surface area is 103 Å². The van der Waals surface area contributed by atoms with Gasteiger partial charge in [0.2, 0.25) is 0 Å². The maximum absolute atomic E-state index is 11.3. The van der Waals surface area contributed by atoms with E-state index < -0.39 is 0 Å². The van der Waals surface area contributed by atoms with E-state index in [-0.39, 0.29) is 6.03 Å². The Morgan fingerprint density at radius 1 is 1.38 bits per heavy atom. The predicted molar refractivity (Wildman–Crippen MR) is 67.9 cm³/mol. The van der Waals surface area contributed by atoms with Crippen LogP contribution in [0.1, 0.15) is 18.4 Å². The molecule has 1 aromatic rings. The van der Waals surface area contributed by atoms with Crippen LogP contribution < -0.4 is 10.6 Å². The van der Waals surface area contributed by atoms with E-state index in [0.717, 1.165) is 22.9 Å². The molecule has 0 aliphatic heterocycles. The number of urea groups is 1. The minimum absolute atomic E-state index is 0.134. The summed E-state index contributed by atoms with van der Waals surface area (Å²) in [7, 11) is 0. The van der Waals surface area contributed by atoms with Gasteiger partial charge in [-0.05, 0) is 30.5 Å². The van der Waals surface area contributed by atoms with Crippen LogP contribution in [-0.2, 0) is 0 Å². The Hall–Kier alpha value is -1.29. The van der Waals surface area contributed by atoms with Crippen molar-refractivity contribution in [3.63, 3.8) is 0 Å². The molecule has 0 heterocycles. The highest BCUT2D eigenvalue weighted by molar-refractivity contribution is 9.10. The molecule has 84 valence electrons. The van der Waals surface area contributed by atoms with Gasteiger partial charge < -0.3 is 10.6 Å². The number of carbonyl (C=O) groups is 1. The minimum atomic E-state index is -0.134. The van der Waals surface area contributed by atoms with Gasteiger partial charge in [0.1, 0.15) is 0 Å². The van der Waals surface area contributed by atoms with Crippen molar-refractivity contribution in [1.29, 1.82) is 0 Å². The van der Waals surface area contributed by atoms with Gasteiger partial charge in [0.05, 0.1) is 0 Å². The summed E-state index contributed by atoms with van der Waals surface area (Å²) in [5.74, 6) is 0. The topological polar surface area (TPSA) is 41.1 Å². The van der Waals surface area contributed by atoms with Crippen LogP contribution in [0.5, 0.6) is 0 Å². The maximum atomic E-state index is 11.3. The number of halogens is 1. The molecule has 0 bridgehead atoms. The molecule has 0 radical (unpaired) electrons. The molecule has 16 heavy (non-hydrogen) atoms. The van der Waals surface area contributed by atoms with Gasteiger partial charge in [-0.25, -0.2) is 4.79 Å². The lowest BCUT2D eigenvalue weighted by Gasteiger charge is -2.01. The number of carbonyl (C=O) groups excluding carboxylic acids is 1. The first-order valence-electron chi connectivity index (χ1n) is 5.24. The van der Waals surface area contributed by atoms with Gasteiger partial charge in [-0.2, -0.15) is 0 Å². The first-order valence-corrected chi connectivity index (χ1v) is 6.03. The predicted octanol–water partition coefficient (Wildman–Crippen LogP) is 2.88. The third-order valence-electron chi connectivity index (χ3n) is 2.30. The lowest BCUT2D eigenvalue weighted by molar-refractivity contribution is 0.244. The SMILES string of the molecule is O=C(N/C=C/c1ccccc1Br)NC1CC1. The average molecular weight is 281 g/mol. The molecule has 0 unspecified atom stereocenters. The molecule has 2 N–H and O–H groups in total. The van der Waals surface area contributed by atoms with Crippen LogP contribution >= 0.6 is 15.9 Å². The highest BCUT2D eigenvalue weighted by Gasteiger charge is 2.22. The maximum Gasteiger partial charge on any atom is 0.318 e. The summed E-state index contributed by atoms with van der Waals surface area (Å²) >= 11 is 3.43. The summed E-state index contributed by atoms with van der Waals surface area (Å²) in [6.07, 6.45) is 5.71. The molecule has 0 spiro atoms. The lowest BCUT2D eigenvalue weighted by Crippen LogP contribution is -2.33. The standard InChI is InChI=1S/C12H13BrN2O/c13-11-4-2-1-3-9(11)7-8-14-12(16)15-10-5-6-10/h1-4,7-8,10H,5-6H2,(H2,14,15,16)/b8-7+. The Morgan fingerprint density at radius 3 is 2.81 bits per heavy atom. The average Bonchev–Trinajstić information content (AvgIpc) is 3.05. The Balaban J connectivity index is 1.84. The zero-order valence-corrected chi connectivity index (χ0v) is 10.3. The van der Waals surface area contributed by atoms with Gasteiger partial charge >= 0.3 is 6.03 Å². The Morgan fingerprint density at radius 2 is 2.12 bits per heavy atom. The van der Waals surface area contributed by atoms with E-state index in [4.69, 9.17) is 0 Å². The van der Waals surface area contributed by atoms with Gasteiger partial charge in [-0.3, -0.25) is 0 Å². The molecule has 0 atom stereocenters. The molecular formula is C12H13BrN2O. The van der Waals surface area contributed by atoms with Gasteiger partial charge in [0.15, 0.2) is 0 Å². The summed E-state index contributed by atoms with van der Waals surface area (Å²) in [6, 6.07) is 8.09. The number of hydrogen-bond donors (Lipinski definition) is 2. The van der Waals surface area contributed by atoms with E-state index in [2.05, 4.69) is 26.6 Å². The van der Waals surface area contributed by atoms with Crippen LogP contribution in [-0.4, -0.2) is 12.1 Å². The Kier molecular flexibility index (Phi) is 3.62. The van der Waals surface area contributed by atoms with Gasteiger partial charge in [-0.1, -0.05) is 34.1 Å². The smallest absolute Gasteiger partial charge is 0.318 e. The van der Waals surface area contributed by atoms with Crippen molar-refractivity contribution in [2.45, 2.75) is 18.9 Å². The number of hydrogen-bond acceptors (Lipinski definition) is 1. The van der Waals surface area contributed by atoms with Crippen LogP contribution in [0.15, 0.2) is 34.9 Å². The van der Waals surface area contributed by atoms with E-state index in [9.17, 15) is 4.79 Å². The lowest BCUT2D eigenvalue weighted by atomic mass is 10.2. The molecule has 0 aromatic heterocycles. The molecular weight excluding hydrogens is 268 g/mol. The minimum Gasteiger partial charge on any atom is -0.335 e. The summed E-state index contributed by atoms with van der Waals surface area (Å²) < 4.78 is 1.01. The quantitative estimate of drug-likeness (QED) is 0.878. The van der Waals surface area contributed by atoms with Crippen molar-refractivity contribution in [3.05, 3.63) is 40.5 Å². The number of rotatable bonds is 3. The fourth-order valence-electron chi connectivity index (χ4n) is 1.27. The van der Waals surface area contributed by atoms with Crippen molar-refractivity contribution in [1.82, 2.24) is 10.6 Å². The fraction of sp³-hybridized carbons (Fsp3) is 0.250. The second-order valence-electron chi connectivity index (χ2n) is 3.75. The van der Waals surface area contributed by atoms with E-state index in [1.165, 1.54) is 0 Å². The molecule has 2 rings (SSSR count). The van der Waals surface area contributed by atoms with Crippen molar-refractivity contribution in [3.8, 4) is 0 Å². The number of benzene rings is 1. The first-order chi connectivity index (χ1) is 7.75. The highest BCUT2D eigenvalue weighted by Crippen LogP contribution is 2.18. The van der Waals surface area contributed by atoms with Crippen molar-refractivity contribution in [2.24, 2.45) is 0 Å². The van der Waals surface area contributed by atoms with Crippen molar-refractivity contribution < 1.29 is 4.79 Å². The summed E-state index contributed by atoms with van der Waals surface area (Å²) in [5, 5.41) is 5.52. The molecule has 4 heteroatoms. The summed E-state index contributed by atoms with van der Waals surface area (Å²) in [4.78, 5) is 11.3. The van der Waals surface area contributed by atoms with Crippen LogP contribution in [0.25, 0.3) is 6.08 Å². The zero-order chi connectivity index (χ0) is 11.4. The van der Waals surface area contributed by atoms with E-state index in [0.29, 0.717) is 6.04 Å². The molecule has 1 aliphatic carbocycles. The van der Waals surface area contributed by atoms with Crippen molar-refractivity contribution >= 4 is 28.0 Å². The van der Waals surface area contributed by atoms with E-state index in [1.807, 2.05) is 30.3 Å². The van der Waals surface area contributed by atoms with Crippen LogP contribution in [0.2, 0.25) is 0 Å². The molecule has 0 saturated heterocycles. The molecule has 2 amide bonds. The summed E-state index contributed by atoms with van der Waals surface area (Å²) in [5.41, 5.74) is 1.04. The third-order valence-corrected chi connectivity index (χ3v) is 3.02. The third kappa shape index (κ3) is 3.38. The first kappa shape index (κ1) is 11.2. The normalized spacial score (nSPS) is 15.1. The van der Waals surface area contributed by atoms with Crippen LogP contribution in [0, 0.1) is 0 Å². The van der Waals surface area contributed by atoms with E-state index >= 15 is 0 Å². The molecule has 1 aromatic carbocycles. The zero-order valence-electron chi connectivity index (χ0n) is 8.74. The number of amides is 2. The molecule has 1 fully saturated rings. The fourth-order valence-corrected chi connectivity index (χ4v) is 1.69. The van der Waals surface area contributed by atoms with E-state index in [1.54, 1.807) is 6.20 Å². The second-order valence-corrected chi connectivity index (χ2v) is 4.60. The van der Waals surface area contributed by atoms with Gasteiger partial charge in [0.25, 0.3) is 0 Å². The largest absolute Gasteiger partial charge is 0.335 e. The summed E-state index contributed by atoms with van der Waals surface area (Å²) in [6.45, 7) is 0. The molecule has 1 saturated carbocycles. The monoisotopic (exact) mass is 280 g/mol.